The fourth-order valence-corrected chi connectivity index (χ4v) is 7.03. The van der Waals surface area contributed by atoms with E-state index in [9.17, 15) is 24.6 Å². The van der Waals surface area contributed by atoms with Crippen molar-refractivity contribution in [2.75, 3.05) is 6.61 Å². The first-order chi connectivity index (χ1) is 14.3. The minimum Gasteiger partial charge on any atom is -0.461 e. The number of hydrogen-bond donors (Lipinski definition) is 2. The van der Waals surface area contributed by atoms with Crippen molar-refractivity contribution >= 4 is 17.7 Å². The fraction of sp³-hybridized carbons (Fsp3) is 0.708. The van der Waals surface area contributed by atoms with Crippen LogP contribution in [0.15, 0.2) is 23.3 Å². The van der Waals surface area contributed by atoms with Gasteiger partial charge in [0.05, 0.1) is 11.7 Å². The number of ether oxygens (including phenoxy) is 2. The van der Waals surface area contributed by atoms with Crippen LogP contribution in [0.3, 0.4) is 0 Å². The van der Waals surface area contributed by atoms with Crippen LogP contribution in [0.4, 0.5) is 0 Å². The number of aliphatic hydroxyl groups is 2. The van der Waals surface area contributed by atoms with Crippen molar-refractivity contribution in [2.45, 2.75) is 65.3 Å². The summed E-state index contributed by atoms with van der Waals surface area (Å²) in [5.41, 5.74) is -1.72. The summed E-state index contributed by atoms with van der Waals surface area (Å²) in [6, 6.07) is 0. The quantitative estimate of drug-likeness (QED) is 0.518. The zero-order chi connectivity index (χ0) is 23.1. The third kappa shape index (κ3) is 2.75. The lowest BCUT2D eigenvalue weighted by molar-refractivity contribution is -0.207. The second-order valence-corrected chi connectivity index (χ2v) is 10.4. The molecule has 170 valence electrons. The van der Waals surface area contributed by atoms with Crippen LogP contribution in [0, 0.1) is 35.0 Å². The minimum absolute atomic E-state index is 0.0265. The van der Waals surface area contributed by atoms with E-state index in [0.717, 1.165) is 5.57 Å². The molecule has 0 amide bonds. The predicted octanol–water partition coefficient (Wildman–Crippen LogP) is 1.96. The lowest BCUT2D eigenvalue weighted by atomic mass is 9.60. The summed E-state index contributed by atoms with van der Waals surface area (Å²) in [4.78, 5) is 36.4. The van der Waals surface area contributed by atoms with Gasteiger partial charge in [0, 0.05) is 48.9 Å². The third-order valence-corrected chi connectivity index (χ3v) is 8.49. The Morgan fingerprint density at radius 2 is 1.81 bits per heavy atom. The molecule has 0 aliphatic heterocycles. The number of aliphatic hydroxyl groups excluding tert-OH is 1. The highest BCUT2D eigenvalue weighted by Gasteiger charge is 2.86. The van der Waals surface area contributed by atoms with E-state index in [4.69, 9.17) is 9.47 Å². The van der Waals surface area contributed by atoms with Crippen LogP contribution in [-0.2, 0) is 23.9 Å². The molecule has 4 aliphatic carbocycles. The van der Waals surface area contributed by atoms with Gasteiger partial charge in [0.2, 0.25) is 0 Å². The number of ketones is 1. The third-order valence-electron chi connectivity index (χ3n) is 8.49. The SMILES string of the molecule is CC(=O)OCC1=CC2C3C(C)(C)C3(OC(C)=O)C(O)C(C)C2(O)C2C=C(C)C(=O)C2C1. The molecule has 0 aromatic rings. The van der Waals surface area contributed by atoms with Gasteiger partial charge in [0.25, 0.3) is 0 Å². The normalized spacial score (nSPS) is 44.7. The van der Waals surface area contributed by atoms with Gasteiger partial charge < -0.3 is 19.7 Å². The lowest BCUT2D eigenvalue weighted by Gasteiger charge is -2.51. The molecule has 0 bridgehead atoms. The van der Waals surface area contributed by atoms with Crippen LogP contribution < -0.4 is 0 Å². The van der Waals surface area contributed by atoms with Crippen LogP contribution >= 0.6 is 0 Å². The molecular formula is C24H32O7. The summed E-state index contributed by atoms with van der Waals surface area (Å²) in [6.07, 6.45) is 3.05. The molecule has 4 aliphatic rings. The summed E-state index contributed by atoms with van der Waals surface area (Å²) in [5.74, 6) is -3.34. The van der Waals surface area contributed by atoms with Gasteiger partial charge in [-0.2, -0.15) is 0 Å². The van der Waals surface area contributed by atoms with E-state index < -0.39 is 58.3 Å². The van der Waals surface area contributed by atoms with Gasteiger partial charge in [-0.1, -0.05) is 32.9 Å². The average molecular weight is 433 g/mol. The van der Waals surface area contributed by atoms with Crippen molar-refractivity contribution in [1.82, 2.24) is 0 Å². The Balaban J connectivity index is 1.87. The molecule has 2 fully saturated rings. The molecule has 31 heavy (non-hydrogen) atoms. The maximum Gasteiger partial charge on any atom is 0.303 e. The largest absolute Gasteiger partial charge is 0.461 e. The van der Waals surface area contributed by atoms with Gasteiger partial charge in [-0.3, -0.25) is 14.4 Å². The molecular weight excluding hydrogens is 400 g/mol. The van der Waals surface area contributed by atoms with E-state index in [1.54, 1.807) is 13.8 Å². The smallest absolute Gasteiger partial charge is 0.303 e. The molecule has 2 N–H and O–H groups in total. The molecule has 0 spiro atoms. The molecule has 0 heterocycles. The molecule has 8 unspecified atom stereocenters. The zero-order valence-corrected chi connectivity index (χ0v) is 19.0. The highest BCUT2D eigenvalue weighted by molar-refractivity contribution is 6.00. The van der Waals surface area contributed by atoms with Crippen molar-refractivity contribution in [3.05, 3.63) is 23.3 Å². The standard InChI is InChI=1S/C24H32O7/c1-11-7-17-16(19(11)27)8-15(10-30-13(3)25)9-18-20-22(5,6)24(20,31-14(4)26)21(28)12(2)23(17,18)29/h7,9,12,16-18,20-21,28-29H,8,10H2,1-6H3. The van der Waals surface area contributed by atoms with Crippen LogP contribution in [0.1, 0.15) is 48.0 Å². The van der Waals surface area contributed by atoms with E-state index in [1.807, 2.05) is 26.0 Å². The molecule has 0 saturated heterocycles. The first-order valence-electron chi connectivity index (χ1n) is 11.0. The molecule has 7 nitrogen and oxygen atoms in total. The Morgan fingerprint density at radius 1 is 1.16 bits per heavy atom. The van der Waals surface area contributed by atoms with Gasteiger partial charge in [-0.15, -0.1) is 0 Å². The molecule has 4 rings (SSSR count). The highest BCUT2D eigenvalue weighted by Crippen LogP contribution is 2.76. The van der Waals surface area contributed by atoms with Crippen molar-refractivity contribution in [3.8, 4) is 0 Å². The maximum absolute atomic E-state index is 13.0. The number of rotatable bonds is 3. The summed E-state index contributed by atoms with van der Waals surface area (Å²) >= 11 is 0. The van der Waals surface area contributed by atoms with E-state index >= 15 is 0 Å². The Morgan fingerprint density at radius 3 is 2.39 bits per heavy atom. The Labute approximate surface area is 182 Å². The van der Waals surface area contributed by atoms with E-state index in [0.29, 0.717) is 12.0 Å². The van der Waals surface area contributed by atoms with Crippen LogP contribution in [0.5, 0.6) is 0 Å². The average Bonchev–Trinajstić information content (AvgIpc) is 3.06. The molecule has 0 aromatic heterocycles. The minimum atomic E-state index is -1.41. The number of carbonyl (C=O) groups excluding carboxylic acids is 3. The molecule has 2 saturated carbocycles. The lowest BCUT2D eigenvalue weighted by Crippen LogP contribution is -2.62. The fourth-order valence-electron chi connectivity index (χ4n) is 7.03. The summed E-state index contributed by atoms with van der Waals surface area (Å²) in [6.45, 7) is 10.1. The van der Waals surface area contributed by atoms with Gasteiger partial charge in [0.15, 0.2) is 5.78 Å². The topological polar surface area (TPSA) is 110 Å². The number of Topliss-reactive ketones (excluding diaryl/α,β-unsaturated/α-hetero) is 1. The molecule has 8 atom stereocenters. The zero-order valence-electron chi connectivity index (χ0n) is 19.0. The highest BCUT2D eigenvalue weighted by atomic mass is 16.6. The number of esters is 2. The Bertz CT molecular complexity index is 915. The van der Waals surface area contributed by atoms with Gasteiger partial charge in [-0.05, 0) is 24.5 Å². The number of allylic oxidation sites excluding steroid dienone is 1. The van der Waals surface area contributed by atoms with E-state index in [2.05, 4.69) is 0 Å². The number of hydrogen-bond acceptors (Lipinski definition) is 7. The van der Waals surface area contributed by atoms with Crippen molar-refractivity contribution in [3.63, 3.8) is 0 Å². The first kappa shape index (κ1) is 22.2. The predicted molar refractivity (Wildman–Crippen MR) is 110 cm³/mol. The number of carbonyl (C=O) groups is 3. The van der Waals surface area contributed by atoms with Crippen LogP contribution in [0.2, 0.25) is 0 Å². The van der Waals surface area contributed by atoms with Crippen molar-refractivity contribution in [2.24, 2.45) is 35.0 Å². The first-order valence-corrected chi connectivity index (χ1v) is 11.0. The monoisotopic (exact) mass is 432 g/mol. The number of fused-ring (bicyclic) bond motifs is 5. The van der Waals surface area contributed by atoms with Crippen LogP contribution in [0.25, 0.3) is 0 Å². The summed E-state index contributed by atoms with van der Waals surface area (Å²) in [5, 5.41) is 23.6. The van der Waals surface area contributed by atoms with Crippen LogP contribution in [-0.4, -0.2) is 51.8 Å². The molecule has 7 heteroatoms. The van der Waals surface area contributed by atoms with Crippen molar-refractivity contribution < 1.29 is 34.1 Å². The summed E-state index contributed by atoms with van der Waals surface area (Å²) < 4.78 is 11.0. The van der Waals surface area contributed by atoms with Gasteiger partial charge in [0.1, 0.15) is 12.2 Å². The molecule has 0 radical (unpaired) electrons. The van der Waals surface area contributed by atoms with E-state index in [1.165, 1.54) is 13.8 Å². The maximum atomic E-state index is 13.0. The van der Waals surface area contributed by atoms with Gasteiger partial charge >= 0.3 is 11.9 Å². The van der Waals surface area contributed by atoms with Gasteiger partial charge in [-0.25, -0.2) is 0 Å². The van der Waals surface area contributed by atoms with Crippen molar-refractivity contribution in [1.29, 1.82) is 0 Å². The Hall–Kier alpha value is -1.99. The molecule has 0 aromatic carbocycles. The Kier molecular flexibility index (Phi) is 4.84. The second kappa shape index (κ2) is 6.75. The van der Waals surface area contributed by atoms with E-state index in [-0.39, 0.29) is 18.3 Å². The second-order valence-electron chi connectivity index (χ2n) is 10.4. The summed E-state index contributed by atoms with van der Waals surface area (Å²) in [7, 11) is 0.